The van der Waals surface area contributed by atoms with Crippen LogP contribution in [0.5, 0.6) is 0 Å². The van der Waals surface area contributed by atoms with Gasteiger partial charge < -0.3 is 14.4 Å². The number of carbonyl (C=O) groups is 2. The monoisotopic (exact) mass is 331 g/mol. The van der Waals surface area contributed by atoms with Gasteiger partial charge in [-0.15, -0.1) is 0 Å². The van der Waals surface area contributed by atoms with Crippen LogP contribution in [0.3, 0.4) is 0 Å². The average Bonchev–Trinajstić information content (AvgIpc) is 3.07. The number of carbonyl (C=O) groups excluding carboxylic acids is 1. The number of nitrogens with zero attached hydrogens (tertiary/aromatic N) is 1. The van der Waals surface area contributed by atoms with Gasteiger partial charge in [-0.2, -0.15) is 0 Å². The Morgan fingerprint density at radius 2 is 1.96 bits per heavy atom. The molecule has 0 atom stereocenters. The highest BCUT2D eigenvalue weighted by Gasteiger charge is 2.26. The van der Waals surface area contributed by atoms with Crippen molar-refractivity contribution in [3.05, 3.63) is 59.3 Å². The molecule has 1 aromatic carbocycles. The van der Waals surface area contributed by atoms with Crippen molar-refractivity contribution < 1.29 is 23.5 Å². The Morgan fingerprint density at radius 1 is 1.25 bits per heavy atom. The number of hydrogen-bond donors (Lipinski definition) is 1. The maximum Gasteiger partial charge on any atom is 0.338 e. The Labute approximate surface area is 138 Å². The Bertz CT molecular complexity index is 747. The van der Waals surface area contributed by atoms with E-state index in [0.29, 0.717) is 31.0 Å². The minimum atomic E-state index is -1.12. The zero-order chi connectivity index (χ0) is 17.1. The SMILES string of the molecule is O=C(O)c1coc(C(=O)N2CCC(Cc3ccccc3F)CC2)c1. The maximum atomic E-state index is 13.7. The predicted molar refractivity (Wildman–Crippen MR) is 84.4 cm³/mol. The number of aromatic carboxylic acids is 1. The van der Waals surface area contributed by atoms with Crippen molar-refractivity contribution in [1.29, 1.82) is 0 Å². The number of amides is 1. The van der Waals surface area contributed by atoms with Gasteiger partial charge in [-0.05, 0) is 36.8 Å². The molecule has 0 radical (unpaired) electrons. The third kappa shape index (κ3) is 3.48. The van der Waals surface area contributed by atoms with Gasteiger partial charge in [-0.3, -0.25) is 4.79 Å². The van der Waals surface area contributed by atoms with Gasteiger partial charge in [0.2, 0.25) is 0 Å². The van der Waals surface area contributed by atoms with E-state index in [-0.39, 0.29) is 23.0 Å². The van der Waals surface area contributed by atoms with E-state index >= 15 is 0 Å². The highest BCUT2D eigenvalue weighted by molar-refractivity contribution is 5.95. The van der Waals surface area contributed by atoms with Crippen LogP contribution in [0.2, 0.25) is 0 Å². The van der Waals surface area contributed by atoms with E-state index in [1.165, 1.54) is 12.1 Å². The average molecular weight is 331 g/mol. The van der Waals surface area contributed by atoms with Crippen LogP contribution in [0.15, 0.2) is 41.0 Å². The second-order valence-electron chi connectivity index (χ2n) is 6.04. The number of rotatable bonds is 4. The summed E-state index contributed by atoms with van der Waals surface area (Å²) in [6.07, 6.45) is 3.30. The molecule has 1 aliphatic heterocycles. The van der Waals surface area contributed by atoms with Crippen molar-refractivity contribution in [2.75, 3.05) is 13.1 Å². The third-order valence-electron chi connectivity index (χ3n) is 4.43. The molecule has 1 aromatic heterocycles. The summed E-state index contributed by atoms with van der Waals surface area (Å²) >= 11 is 0. The molecule has 1 amide bonds. The minimum absolute atomic E-state index is 0.0345. The van der Waals surface area contributed by atoms with Crippen LogP contribution in [0.1, 0.15) is 39.3 Å². The first kappa shape index (κ1) is 16.2. The molecule has 2 heterocycles. The first-order chi connectivity index (χ1) is 11.5. The molecule has 2 aromatic rings. The topological polar surface area (TPSA) is 70.7 Å². The van der Waals surface area contributed by atoms with Gasteiger partial charge in [0.25, 0.3) is 5.91 Å². The molecule has 126 valence electrons. The van der Waals surface area contributed by atoms with Gasteiger partial charge in [-0.25, -0.2) is 9.18 Å². The molecular weight excluding hydrogens is 313 g/mol. The van der Waals surface area contributed by atoms with E-state index in [0.717, 1.165) is 19.1 Å². The molecule has 24 heavy (non-hydrogen) atoms. The van der Waals surface area contributed by atoms with Crippen LogP contribution in [-0.2, 0) is 6.42 Å². The maximum absolute atomic E-state index is 13.7. The second kappa shape index (κ2) is 6.86. The lowest BCUT2D eigenvalue weighted by atomic mass is 9.90. The standard InChI is InChI=1S/C18H18FNO4/c19-15-4-2-1-3-13(15)9-12-5-7-20(8-6-12)17(21)16-10-14(11-24-16)18(22)23/h1-4,10-12H,5-9H2,(H,22,23). The van der Waals surface area contributed by atoms with E-state index < -0.39 is 5.97 Å². The number of carboxylic acid groups (broad SMARTS) is 1. The fraction of sp³-hybridized carbons (Fsp3) is 0.333. The van der Waals surface area contributed by atoms with Gasteiger partial charge in [-0.1, -0.05) is 18.2 Å². The zero-order valence-corrected chi connectivity index (χ0v) is 13.1. The van der Waals surface area contributed by atoms with Crippen molar-refractivity contribution >= 4 is 11.9 Å². The third-order valence-corrected chi connectivity index (χ3v) is 4.43. The summed E-state index contributed by atoms with van der Waals surface area (Å²) in [4.78, 5) is 24.8. The summed E-state index contributed by atoms with van der Waals surface area (Å²) in [6.45, 7) is 1.11. The number of benzene rings is 1. The van der Waals surface area contributed by atoms with Crippen LogP contribution in [0.4, 0.5) is 4.39 Å². The molecule has 1 aliphatic rings. The minimum Gasteiger partial charge on any atom is -0.478 e. The Balaban J connectivity index is 1.57. The predicted octanol–water partition coefficient (Wildman–Crippen LogP) is 3.21. The summed E-state index contributed by atoms with van der Waals surface area (Å²) in [7, 11) is 0. The molecule has 0 unspecified atom stereocenters. The Kier molecular flexibility index (Phi) is 4.64. The lowest BCUT2D eigenvalue weighted by Crippen LogP contribution is -2.38. The van der Waals surface area contributed by atoms with Gasteiger partial charge in [0.05, 0.1) is 5.56 Å². The quantitative estimate of drug-likeness (QED) is 0.934. The summed E-state index contributed by atoms with van der Waals surface area (Å²) < 4.78 is 18.8. The number of piperidine rings is 1. The molecule has 5 nitrogen and oxygen atoms in total. The number of carboxylic acids is 1. The molecule has 1 N–H and O–H groups in total. The molecule has 1 fully saturated rings. The highest BCUT2D eigenvalue weighted by Crippen LogP contribution is 2.24. The fourth-order valence-corrected chi connectivity index (χ4v) is 3.03. The molecule has 6 heteroatoms. The van der Waals surface area contributed by atoms with Crippen LogP contribution in [-0.4, -0.2) is 35.0 Å². The summed E-state index contributed by atoms with van der Waals surface area (Å²) in [5.74, 6) is -1.24. The van der Waals surface area contributed by atoms with Crippen LogP contribution < -0.4 is 0 Å². The van der Waals surface area contributed by atoms with E-state index in [1.807, 2.05) is 6.07 Å². The molecule has 1 saturated heterocycles. The van der Waals surface area contributed by atoms with Crippen LogP contribution in [0, 0.1) is 11.7 Å². The van der Waals surface area contributed by atoms with Gasteiger partial charge in [0.15, 0.2) is 5.76 Å². The van der Waals surface area contributed by atoms with Crippen molar-refractivity contribution in [2.45, 2.75) is 19.3 Å². The van der Waals surface area contributed by atoms with Crippen LogP contribution in [0.25, 0.3) is 0 Å². The first-order valence-corrected chi connectivity index (χ1v) is 7.89. The molecule has 0 bridgehead atoms. The summed E-state index contributed by atoms with van der Waals surface area (Å²) in [5.41, 5.74) is 0.673. The van der Waals surface area contributed by atoms with Crippen LogP contribution >= 0.6 is 0 Å². The highest BCUT2D eigenvalue weighted by atomic mass is 19.1. The molecule has 0 spiro atoms. The van der Waals surface area contributed by atoms with Gasteiger partial charge >= 0.3 is 5.97 Å². The lowest BCUT2D eigenvalue weighted by Gasteiger charge is -2.31. The fourth-order valence-electron chi connectivity index (χ4n) is 3.03. The van der Waals surface area contributed by atoms with Gasteiger partial charge in [0, 0.05) is 19.2 Å². The number of likely N-dealkylation sites (tertiary alicyclic amines) is 1. The van der Waals surface area contributed by atoms with E-state index in [1.54, 1.807) is 17.0 Å². The normalized spacial score (nSPS) is 15.5. The largest absolute Gasteiger partial charge is 0.478 e. The molecule has 3 rings (SSSR count). The second-order valence-corrected chi connectivity index (χ2v) is 6.04. The first-order valence-electron chi connectivity index (χ1n) is 7.89. The number of furan rings is 1. The van der Waals surface area contributed by atoms with Crippen molar-refractivity contribution in [3.63, 3.8) is 0 Å². The van der Waals surface area contributed by atoms with E-state index in [4.69, 9.17) is 9.52 Å². The smallest absolute Gasteiger partial charge is 0.338 e. The molecular formula is C18H18FNO4. The summed E-state index contributed by atoms with van der Waals surface area (Å²) in [6, 6.07) is 8.01. The molecule has 0 aliphatic carbocycles. The van der Waals surface area contributed by atoms with Gasteiger partial charge in [0.1, 0.15) is 12.1 Å². The van der Waals surface area contributed by atoms with Crippen molar-refractivity contribution in [3.8, 4) is 0 Å². The Morgan fingerprint density at radius 3 is 2.58 bits per heavy atom. The Hall–Kier alpha value is -2.63. The van der Waals surface area contributed by atoms with E-state index in [9.17, 15) is 14.0 Å². The van der Waals surface area contributed by atoms with E-state index in [2.05, 4.69) is 0 Å². The molecule has 0 saturated carbocycles. The number of hydrogen-bond acceptors (Lipinski definition) is 3. The summed E-state index contributed by atoms with van der Waals surface area (Å²) in [5, 5.41) is 8.87. The number of halogens is 1. The lowest BCUT2D eigenvalue weighted by molar-refractivity contribution is 0.0656. The van der Waals surface area contributed by atoms with Crippen molar-refractivity contribution in [2.24, 2.45) is 5.92 Å². The zero-order valence-electron chi connectivity index (χ0n) is 13.1. The van der Waals surface area contributed by atoms with Crippen molar-refractivity contribution in [1.82, 2.24) is 4.90 Å².